The molecule has 0 radical (unpaired) electrons. The van der Waals surface area contributed by atoms with Gasteiger partial charge in [-0.1, -0.05) is 12.1 Å². The molecule has 3 aromatic heterocycles. The van der Waals surface area contributed by atoms with E-state index in [1.165, 1.54) is 33.3 Å². The lowest BCUT2D eigenvalue weighted by molar-refractivity contribution is -0.274. The SMILES string of the molecule is Cc1cc(C)nc(OCCn2nc3ccc(-c4ccc(OC(F)(F)F)cc4)cn3c2=O)c1. The molecule has 32 heavy (non-hydrogen) atoms. The summed E-state index contributed by atoms with van der Waals surface area (Å²) in [5.41, 5.74) is 3.24. The van der Waals surface area contributed by atoms with Gasteiger partial charge >= 0.3 is 12.1 Å². The Labute approximate surface area is 180 Å². The van der Waals surface area contributed by atoms with Gasteiger partial charge in [0, 0.05) is 18.0 Å². The predicted molar refractivity (Wildman–Crippen MR) is 111 cm³/mol. The molecule has 10 heteroatoms. The Bertz CT molecular complexity index is 1290. The van der Waals surface area contributed by atoms with E-state index in [2.05, 4.69) is 14.8 Å². The standard InChI is InChI=1S/C22H19F3N4O3/c1-14-11-15(2)26-20(12-14)31-10-9-29-21(30)28-13-17(5-8-19(28)27-29)16-3-6-18(7-4-16)32-22(23,24)25/h3-8,11-13H,9-10H2,1-2H3. The molecule has 166 valence electrons. The minimum absolute atomic E-state index is 0.215. The van der Waals surface area contributed by atoms with Crippen LogP contribution in [0.5, 0.6) is 11.6 Å². The molecular weight excluding hydrogens is 425 g/mol. The van der Waals surface area contributed by atoms with Crippen LogP contribution in [0.25, 0.3) is 16.8 Å². The fraction of sp³-hybridized carbons (Fsp3) is 0.227. The third kappa shape index (κ3) is 4.90. The molecule has 4 aromatic rings. The average Bonchev–Trinajstić information content (AvgIpc) is 3.02. The van der Waals surface area contributed by atoms with Crippen LogP contribution in [0.3, 0.4) is 0 Å². The second kappa shape index (κ2) is 8.37. The van der Waals surface area contributed by atoms with Crippen molar-refractivity contribution in [3.63, 3.8) is 0 Å². The molecule has 0 unspecified atom stereocenters. The first-order chi connectivity index (χ1) is 15.2. The van der Waals surface area contributed by atoms with Gasteiger partial charge in [0.25, 0.3) is 0 Å². The Morgan fingerprint density at radius 3 is 2.41 bits per heavy atom. The predicted octanol–water partition coefficient (Wildman–Crippen LogP) is 4.15. The highest BCUT2D eigenvalue weighted by Crippen LogP contribution is 2.26. The molecule has 0 aliphatic rings. The van der Waals surface area contributed by atoms with Crippen molar-refractivity contribution in [3.8, 4) is 22.8 Å². The van der Waals surface area contributed by atoms with Crippen LogP contribution in [0.15, 0.2) is 59.5 Å². The maximum atomic E-state index is 12.7. The molecule has 0 bridgehead atoms. The number of alkyl halides is 3. The third-order valence-corrected chi connectivity index (χ3v) is 4.63. The summed E-state index contributed by atoms with van der Waals surface area (Å²) in [4.78, 5) is 17.0. The Morgan fingerprint density at radius 2 is 1.72 bits per heavy atom. The molecule has 4 rings (SSSR count). The van der Waals surface area contributed by atoms with E-state index in [0.717, 1.165) is 11.3 Å². The third-order valence-electron chi connectivity index (χ3n) is 4.63. The van der Waals surface area contributed by atoms with Crippen molar-refractivity contribution in [2.24, 2.45) is 0 Å². The fourth-order valence-electron chi connectivity index (χ4n) is 3.30. The monoisotopic (exact) mass is 444 g/mol. The summed E-state index contributed by atoms with van der Waals surface area (Å²) in [6.45, 7) is 4.27. The lowest BCUT2D eigenvalue weighted by Gasteiger charge is -2.09. The number of aryl methyl sites for hydroxylation is 2. The number of hydrogen-bond donors (Lipinski definition) is 0. The molecule has 7 nitrogen and oxygen atoms in total. The molecule has 0 aliphatic heterocycles. The van der Waals surface area contributed by atoms with Crippen molar-refractivity contribution in [3.05, 3.63) is 76.5 Å². The van der Waals surface area contributed by atoms with Crippen molar-refractivity contribution in [1.82, 2.24) is 19.2 Å². The first-order valence-corrected chi connectivity index (χ1v) is 9.71. The normalized spacial score (nSPS) is 11.7. The average molecular weight is 444 g/mol. The van der Waals surface area contributed by atoms with Gasteiger partial charge in [-0.15, -0.1) is 18.3 Å². The maximum Gasteiger partial charge on any atom is 0.573 e. The van der Waals surface area contributed by atoms with Gasteiger partial charge in [-0.3, -0.25) is 0 Å². The number of hydrogen-bond acceptors (Lipinski definition) is 5. The van der Waals surface area contributed by atoms with E-state index in [9.17, 15) is 18.0 Å². The van der Waals surface area contributed by atoms with Crippen LogP contribution in [-0.2, 0) is 6.54 Å². The van der Waals surface area contributed by atoms with Crippen LogP contribution >= 0.6 is 0 Å². The highest BCUT2D eigenvalue weighted by atomic mass is 19.4. The second-order valence-corrected chi connectivity index (χ2v) is 7.20. The van der Waals surface area contributed by atoms with Crippen molar-refractivity contribution >= 4 is 5.65 Å². The summed E-state index contributed by atoms with van der Waals surface area (Å²) in [6, 6.07) is 12.6. The van der Waals surface area contributed by atoms with E-state index in [-0.39, 0.29) is 24.6 Å². The fourth-order valence-corrected chi connectivity index (χ4v) is 3.30. The Hall–Kier alpha value is -3.82. The lowest BCUT2D eigenvalue weighted by atomic mass is 10.1. The summed E-state index contributed by atoms with van der Waals surface area (Å²) < 4.78 is 49.2. The van der Waals surface area contributed by atoms with Crippen LogP contribution in [0.1, 0.15) is 11.3 Å². The number of benzene rings is 1. The first-order valence-electron chi connectivity index (χ1n) is 9.71. The topological polar surface area (TPSA) is 70.7 Å². The van der Waals surface area contributed by atoms with Crippen molar-refractivity contribution < 1.29 is 22.6 Å². The number of fused-ring (bicyclic) bond motifs is 1. The Balaban J connectivity index is 1.50. The molecule has 3 heterocycles. The van der Waals surface area contributed by atoms with Gasteiger partial charge in [-0.05, 0) is 60.9 Å². The second-order valence-electron chi connectivity index (χ2n) is 7.20. The zero-order valence-corrected chi connectivity index (χ0v) is 17.3. The summed E-state index contributed by atoms with van der Waals surface area (Å²) in [5, 5.41) is 4.29. The number of halogens is 3. The number of rotatable bonds is 6. The van der Waals surface area contributed by atoms with E-state index in [1.54, 1.807) is 18.3 Å². The first kappa shape index (κ1) is 21.4. The Kier molecular flexibility index (Phi) is 5.60. The summed E-state index contributed by atoms with van der Waals surface area (Å²) in [7, 11) is 0. The molecule has 0 spiro atoms. The van der Waals surface area contributed by atoms with Gasteiger partial charge in [-0.2, -0.15) is 0 Å². The smallest absolute Gasteiger partial charge is 0.476 e. The quantitative estimate of drug-likeness (QED) is 0.447. The number of ether oxygens (including phenoxy) is 2. The zero-order chi connectivity index (χ0) is 22.9. The number of pyridine rings is 2. The van der Waals surface area contributed by atoms with Crippen molar-refractivity contribution in [2.75, 3.05) is 6.61 Å². The van der Waals surface area contributed by atoms with E-state index in [1.807, 2.05) is 26.0 Å². The molecule has 0 amide bonds. The molecule has 0 N–H and O–H groups in total. The van der Waals surface area contributed by atoms with E-state index in [4.69, 9.17) is 4.74 Å². The van der Waals surface area contributed by atoms with Gasteiger partial charge in [-0.25, -0.2) is 18.9 Å². The van der Waals surface area contributed by atoms with E-state index in [0.29, 0.717) is 22.7 Å². The minimum atomic E-state index is -4.75. The highest BCUT2D eigenvalue weighted by molar-refractivity contribution is 5.65. The van der Waals surface area contributed by atoms with Gasteiger partial charge < -0.3 is 9.47 Å². The number of nitrogens with zero attached hydrogens (tertiary/aromatic N) is 4. The lowest BCUT2D eigenvalue weighted by Crippen LogP contribution is -2.24. The zero-order valence-electron chi connectivity index (χ0n) is 17.3. The largest absolute Gasteiger partial charge is 0.573 e. The maximum absolute atomic E-state index is 12.7. The summed E-state index contributed by atoms with van der Waals surface area (Å²) >= 11 is 0. The molecule has 0 aliphatic carbocycles. The van der Waals surface area contributed by atoms with E-state index < -0.39 is 6.36 Å². The Morgan fingerprint density at radius 1 is 1.00 bits per heavy atom. The van der Waals surface area contributed by atoms with Crippen LogP contribution in [0.2, 0.25) is 0 Å². The van der Waals surface area contributed by atoms with E-state index >= 15 is 0 Å². The van der Waals surface area contributed by atoms with Gasteiger partial charge in [0.15, 0.2) is 5.65 Å². The summed E-state index contributed by atoms with van der Waals surface area (Å²) in [5.74, 6) is 0.171. The summed E-state index contributed by atoms with van der Waals surface area (Å²) in [6.07, 6.45) is -3.16. The van der Waals surface area contributed by atoms with Gasteiger partial charge in [0.1, 0.15) is 12.4 Å². The molecule has 0 atom stereocenters. The van der Waals surface area contributed by atoms with Crippen LogP contribution in [0.4, 0.5) is 13.2 Å². The number of aromatic nitrogens is 4. The highest BCUT2D eigenvalue weighted by Gasteiger charge is 2.30. The molecule has 0 fully saturated rings. The molecule has 0 saturated heterocycles. The van der Waals surface area contributed by atoms with Gasteiger partial charge in [0.2, 0.25) is 5.88 Å². The van der Waals surface area contributed by atoms with Crippen molar-refractivity contribution in [1.29, 1.82) is 0 Å². The molecular formula is C22H19F3N4O3. The minimum Gasteiger partial charge on any atom is -0.476 e. The van der Waals surface area contributed by atoms with Crippen LogP contribution in [0, 0.1) is 13.8 Å². The molecule has 0 saturated carbocycles. The van der Waals surface area contributed by atoms with Gasteiger partial charge in [0.05, 0.1) is 6.54 Å². The van der Waals surface area contributed by atoms with Crippen molar-refractivity contribution in [2.45, 2.75) is 26.8 Å². The molecule has 1 aromatic carbocycles. The van der Waals surface area contributed by atoms with Crippen LogP contribution < -0.4 is 15.2 Å². The van der Waals surface area contributed by atoms with Crippen LogP contribution in [-0.4, -0.2) is 32.1 Å².